The minimum absolute atomic E-state index is 0.0145. The number of carbonyl (C=O) groups is 2. The van der Waals surface area contributed by atoms with E-state index in [1.54, 1.807) is 0 Å². The van der Waals surface area contributed by atoms with Gasteiger partial charge < -0.3 is 9.84 Å². The first kappa shape index (κ1) is 22.6. The zero-order valence-electron chi connectivity index (χ0n) is 18.7. The van der Waals surface area contributed by atoms with E-state index >= 15 is 0 Å². The molecule has 5 heteroatoms. The Labute approximate surface area is 194 Å². The normalized spacial score (nSPS) is 13.9. The van der Waals surface area contributed by atoms with Gasteiger partial charge in [-0.3, -0.25) is 9.69 Å². The van der Waals surface area contributed by atoms with Crippen molar-refractivity contribution in [2.45, 2.75) is 51.2 Å². The number of anilines is 1. The van der Waals surface area contributed by atoms with Gasteiger partial charge in [0.2, 0.25) is 0 Å². The lowest BCUT2D eigenvalue weighted by molar-refractivity contribution is -0.136. The van der Waals surface area contributed by atoms with E-state index in [2.05, 4.69) is 0 Å². The third-order valence-electron chi connectivity index (χ3n) is 6.13. The zero-order valence-corrected chi connectivity index (χ0v) is 18.7. The molecular weight excluding hydrogens is 414 g/mol. The molecule has 0 atom stereocenters. The summed E-state index contributed by atoms with van der Waals surface area (Å²) < 4.78 is 5.70. The molecule has 1 saturated carbocycles. The zero-order chi connectivity index (χ0) is 23.0. The molecule has 0 aliphatic heterocycles. The first-order valence-electron chi connectivity index (χ1n) is 11.5. The number of hydrogen-bond donors (Lipinski definition) is 1. The molecule has 1 aliphatic carbocycles. The van der Waals surface area contributed by atoms with Crippen LogP contribution in [0.2, 0.25) is 0 Å². The number of carboxylic acid groups (broad SMARTS) is 1. The summed E-state index contributed by atoms with van der Waals surface area (Å²) >= 11 is 0. The third-order valence-corrected chi connectivity index (χ3v) is 6.13. The van der Waals surface area contributed by atoms with E-state index in [9.17, 15) is 9.59 Å². The number of benzene rings is 3. The maximum atomic E-state index is 13.2. The van der Waals surface area contributed by atoms with Crippen LogP contribution in [0.25, 0.3) is 11.1 Å². The Morgan fingerprint density at radius 3 is 2.00 bits per heavy atom. The van der Waals surface area contributed by atoms with Crippen LogP contribution in [0, 0.1) is 0 Å². The Hall–Kier alpha value is -3.60. The summed E-state index contributed by atoms with van der Waals surface area (Å²) in [4.78, 5) is 25.9. The summed E-state index contributed by atoms with van der Waals surface area (Å²) in [6.45, 7) is 0.254. The van der Waals surface area contributed by atoms with Crippen LogP contribution >= 0.6 is 0 Å². The van der Waals surface area contributed by atoms with Crippen molar-refractivity contribution in [2.24, 2.45) is 0 Å². The molecule has 0 aromatic heterocycles. The summed E-state index contributed by atoms with van der Waals surface area (Å²) in [5.41, 5.74) is 4.60. The lowest BCUT2D eigenvalue weighted by Crippen LogP contribution is -2.42. The van der Waals surface area contributed by atoms with Gasteiger partial charge in [0.1, 0.15) is 6.61 Å². The number of carbonyl (C=O) groups excluding carboxylic acids is 1. The molecule has 3 aromatic rings. The van der Waals surface area contributed by atoms with Crippen LogP contribution in [0.5, 0.6) is 0 Å². The third kappa shape index (κ3) is 6.01. The van der Waals surface area contributed by atoms with Crippen molar-refractivity contribution >= 4 is 17.7 Å². The molecule has 1 N–H and O–H groups in total. The van der Waals surface area contributed by atoms with E-state index in [4.69, 9.17) is 9.84 Å². The Kier molecular flexibility index (Phi) is 7.40. The second-order valence-electron chi connectivity index (χ2n) is 8.52. The van der Waals surface area contributed by atoms with E-state index in [1.165, 1.54) is 6.42 Å². The average molecular weight is 444 g/mol. The SMILES string of the molecule is O=C(O)Cc1ccc(-c2ccc(N(C(=O)OCc3ccccc3)C3CCCCC3)cc2)cc1. The van der Waals surface area contributed by atoms with Crippen LogP contribution in [0.1, 0.15) is 43.2 Å². The largest absolute Gasteiger partial charge is 0.481 e. The van der Waals surface area contributed by atoms with Gasteiger partial charge >= 0.3 is 12.1 Å². The fraction of sp³-hybridized carbons (Fsp3) is 0.286. The number of rotatable bonds is 7. The Morgan fingerprint density at radius 2 is 1.39 bits per heavy atom. The van der Waals surface area contributed by atoms with E-state index < -0.39 is 5.97 Å². The lowest BCUT2D eigenvalue weighted by Gasteiger charge is -2.33. The standard InChI is InChI=1S/C28H29NO4/c30-27(31)19-21-11-13-23(14-12-21)24-15-17-26(18-16-24)29(25-9-5-2-6-10-25)28(32)33-20-22-7-3-1-4-8-22/h1,3-4,7-8,11-18,25H,2,5-6,9-10,19-20H2,(H,30,31). The molecule has 170 valence electrons. The predicted molar refractivity (Wildman–Crippen MR) is 129 cm³/mol. The minimum Gasteiger partial charge on any atom is -0.481 e. The number of aliphatic carboxylic acids is 1. The fourth-order valence-electron chi connectivity index (χ4n) is 4.40. The van der Waals surface area contributed by atoms with Crippen LogP contribution < -0.4 is 4.90 Å². The molecule has 4 rings (SSSR count). The second kappa shape index (κ2) is 10.8. The van der Waals surface area contributed by atoms with E-state index in [0.29, 0.717) is 0 Å². The average Bonchev–Trinajstić information content (AvgIpc) is 2.85. The van der Waals surface area contributed by atoms with Crippen LogP contribution in [0.15, 0.2) is 78.9 Å². The van der Waals surface area contributed by atoms with Crippen molar-refractivity contribution in [1.82, 2.24) is 0 Å². The van der Waals surface area contributed by atoms with Gasteiger partial charge in [-0.2, -0.15) is 0 Å². The summed E-state index contributed by atoms with van der Waals surface area (Å²) in [6, 6.07) is 25.4. The molecule has 5 nitrogen and oxygen atoms in total. The van der Waals surface area contributed by atoms with Gasteiger partial charge in [-0.25, -0.2) is 4.79 Å². The molecular formula is C28H29NO4. The Bertz CT molecular complexity index is 1060. The van der Waals surface area contributed by atoms with Gasteiger partial charge in [-0.1, -0.05) is 86.0 Å². The topological polar surface area (TPSA) is 66.8 Å². The van der Waals surface area contributed by atoms with Crippen molar-refractivity contribution < 1.29 is 19.4 Å². The van der Waals surface area contributed by atoms with Gasteiger partial charge in [-0.05, 0) is 47.2 Å². The van der Waals surface area contributed by atoms with Crippen molar-refractivity contribution in [3.8, 4) is 11.1 Å². The van der Waals surface area contributed by atoms with Gasteiger partial charge in [0.25, 0.3) is 0 Å². The van der Waals surface area contributed by atoms with Crippen LogP contribution in [-0.4, -0.2) is 23.2 Å². The highest BCUT2D eigenvalue weighted by atomic mass is 16.6. The quantitative estimate of drug-likeness (QED) is 0.455. The number of carboxylic acids is 1. The molecule has 3 aromatic carbocycles. The highest BCUT2D eigenvalue weighted by molar-refractivity contribution is 5.89. The van der Waals surface area contributed by atoms with Crippen LogP contribution in [0.3, 0.4) is 0 Å². The Balaban J connectivity index is 1.51. The first-order chi connectivity index (χ1) is 16.1. The van der Waals surface area contributed by atoms with Gasteiger partial charge in [0, 0.05) is 11.7 Å². The van der Waals surface area contributed by atoms with Crippen molar-refractivity contribution in [2.75, 3.05) is 4.90 Å². The van der Waals surface area contributed by atoms with Crippen LogP contribution in [-0.2, 0) is 22.6 Å². The summed E-state index contributed by atoms with van der Waals surface area (Å²) in [6.07, 6.45) is 5.11. The van der Waals surface area contributed by atoms with Crippen molar-refractivity contribution in [3.63, 3.8) is 0 Å². The van der Waals surface area contributed by atoms with Gasteiger partial charge in [-0.15, -0.1) is 0 Å². The maximum Gasteiger partial charge on any atom is 0.414 e. The Morgan fingerprint density at radius 1 is 0.788 bits per heavy atom. The molecule has 0 bridgehead atoms. The minimum atomic E-state index is -0.839. The number of amides is 1. The fourth-order valence-corrected chi connectivity index (χ4v) is 4.40. The van der Waals surface area contributed by atoms with E-state index in [1.807, 2.05) is 83.8 Å². The monoisotopic (exact) mass is 443 g/mol. The van der Waals surface area contributed by atoms with E-state index in [0.717, 1.165) is 53.6 Å². The second-order valence-corrected chi connectivity index (χ2v) is 8.52. The molecule has 0 heterocycles. The highest BCUT2D eigenvalue weighted by Gasteiger charge is 2.28. The number of ether oxygens (including phenoxy) is 1. The van der Waals surface area contributed by atoms with Crippen molar-refractivity contribution in [1.29, 1.82) is 0 Å². The molecule has 0 saturated heterocycles. The summed E-state index contributed by atoms with van der Waals surface area (Å²) in [7, 11) is 0. The number of hydrogen-bond acceptors (Lipinski definition) is 3. The molecule has 0 radical (unpaired) electrons. The molecule has 33 heavy (non-hydrogen) atoms. The molecule has 0 spiro atoms. The van der Waals surface area contributed by atoms with E-state index in [-0.39, 0.29) is 25.2 Å². The molecule has 1 fully saturated rings. The molecule has 1 amide bonds. The molecule has 0 unspecified atom stereocenters. The maximum absolute atomic E-state index is 13.2. The smallest absolute Gasteiger partial charge is 0.414 e. The molecule has 1 aliphatic rings. The lowest BCUT2D eigenvalue weighted by atomic mass is 9.94. The van der Waals surface area contributed by atoms with Gasteiger partial charge in [0.05, 0.1) is 6.42 Å². The summed E-state index contributed by atoms with van der Waals surface area (Å²) in [5, 5.41) is 8.95. The predicted octanol–water partition coefficient (Wildman–Crippen LogP) is 6.46. The highest BCUT2D eigenvalue weighted by Crippen LogP contribution is 2.30. The summed E-state index contributed by atoms with van der Waals surface area (Å²) in [5.74, 6) is -0.839. The van der Waals surface area contributed by atoms with Crippen LogP contribution in [0.4, 0.5) is 10.5 Å². The van der Waals surface area contributed by atoms with Gasteiger partial charge in [0.15, 0.2) is 0 Å². The first-order valence-corrected chi connectivity index (χ1v) is 11.5. The van der Waals surface area contributed by atoms with Crippen molar-refractivity contribution in [3.05, 3.63) is 90.0 Å². The number of nitrogens with zero attached hydrogens (tertiary/aromatic N) is 1.